The molecule has 0 aromatic rings. The Bertz CT molecular complexity index is 306. The molecule has 2 aliphatic rings. The summed E-state index contributed by atoms with van der Waals surface area (Å²) < 4.78 is 0. The van der Waals surface area contributed by atoms with Crippen LogP contribution in [0.5, 0.6) is 0 Å². The molecule has 1 saturated heterocycles. The number of rotatable bonds is 3. The standard InChI is InChI=1S/C14H24N2O.C2H6/c1-3-11-9-13(14(17)10-12(11)4-2)16-7-5-15-6-8-16;1-2/h4,13-15,17H,2-3,5-10H2,1H3;1-2H3. The molecule has 0 spiro atoms. The first-order valence-corrected chi connectivity index (χ1v) is 7.72. The van der Waals surface area contributed by atoms with E-state index in [-0.39, 0.29) is 6.10 Å². The molecular formula is C16H30N2O. The number of nitrogens with one attached hydrogen (secondary N) is 1. The number of hydrogen-bond donors (Lipinski definition) is 2. The summed E-state index contributed by atoms with van der Waals surface area (Å²) in [5.41, 5.74) is 2.75. The van der Waals surface area contributed by atoms with Crippen LogP contribution in [0.25, 0.3) is 0 Å². The summed E-state index contributed by atoms with van der Waals surface area (Å²) in [6, 6.07) is 0.316. The highest BCUT2D eigenvalue weighted by Crippen LogP contribution is 2.31. The second kappa shape index (κ2) is 8.51. The molecule has 1 aliphatic carbocycles. The van der Waals surface area contributed by atoms with Crippen LogP contribution in [0, 0.1) is 0 Å². The van der Waals surface area contributed by atoms with Crippen LogP contribution in [0.4, 0.5) is 0 Å². The Morgan fingerprint density at radius 3 is 2.47 bits per heavy atom. The van der Waals surface area contributed by atoms with Gasteiger partial charge in [0.2, 0.25) is 0 Å². The molecule has 2 rings (SSSR count). The summed E-state index contributed by atoms with van der Waals surface area (Å²) in [7, 11) is 0. The third-order valence-electron chi connectivity index (χ3n) is 4.08. The van der Waals surface area contributed by atoms with Crippen molar-refractivity contribution in [2.24, 2.45) is 0 Å². The number of nitrogens with zero attached hydrogens (tertiary/aromatic N) is 1. The van der Waals surface area contributed by atoms with Crippen molar-refractivity contribution < 1.29 is 5.11 Å². The average molecular weight is 266 g/mol. The second-order valence-corrected chi connectivity index (χ2v) is 5.02. The first-order valence-electron chi connectivity index (χ1n) is 7.72. The van der Waals surface area contributed by atoms with Gasteiger partial charge in [-0.2, -0.15) is 0 Å². The first kappa shape index (κ1) is 16.4. The highest BCUT2D eigenvalue weighted by atomic mass is 16.3. The molecule has 2 unspecified atom stereocenters. The van der Waals surface area contributed by atoms with Gasteiger partial charge in [-0.05, 0) is 24.8 Å². The van der Waals surface area contributed by atoms with Gasteiger partial charge < -0.3 is 10.4 Å². The maximum Gasteiger partial charge on any atom is 0.0738 e. The molecule has 0 aromatic carbocycles. The monoisotopic (exact) mass is 266 g/mol. The molecule has 0 aromatic heterocycles. The molecule has 2 N–H and O–H groups in total. The normalized spacial score (nSPS) is 28.6. The molecule has 1 aliphatic heterocycles. The number of allylic oxidation sites excluding steroid dienone is 1. The highest BCUT2D eigenvalue weighted by Gasteiger charge is 2.31. The van der Waals surface area contributed by atoms with Gasteiger partial charge in [0.15, 0.2) is 0 Å². The number of piperazine rings is 1. The van der Waals surface area contributed by atoms with Gasteiger partial charge in [-0.1, -0.05) is 39.0 Å². The number of hydrogen-bond acceptors (Lipinski definition) is 3. The smallest absolute Gasteiger partial charge is 0.0738 e. The largest absolute Gasteiger partial charge is 0.391 e. The summed E-state index contributed by atoms with van der Waals surface area (Å²) >= 11 is 0. The van der Waals surface area contributed by atoms with Gasteiger partial charge in [0.05, 0.1) is 6.10 Å². The van der Waals surface area contributed by atoms with Gasteiger partial charge in [-0.3, -0.25) is 4.90 Å². The number of aliphatic hydroxyl groups excluding tert-OH is 1. The molecule has 2 atom stereocenters. The number of aliphatic hydroxyl groups is 1. The molecule has 0 bridgehead atoms. The van der Waals surface area contributed by atoms with Crippen LogP contribution in [0.3, 0.4) is 0 Å². The van der Waals surface area contributed by atoms with E-state index < -0.39 is 0 Å². The molecule has 1 heterocycles. The zero-order chi connectivity index (χ0) is 14.3. The molecule has 0 saturated carbocycles. The van der Waals surface area contributed by atoms with E-state index in [0.29, 0.717) is 6.04 Å². The quantitative estimate of drug-likeness (QED) is 0.823. The Balaban J connectivity index is 0.000000861. The molecule has 3 nitrogen and oxygen atoms in total. The summed E-state index contributed by atoms with van der Waals surface area (Å²) in [6.45, 7) is 14.3. The lowest BCUT2D eigenvalue weighted by Crippen LogP contribution is -2.53. The molecule has 110 valence electrons. The molecule has 1 fully saturated rings. The van der Waals surface area contributed by atoms with Crippen molar-refractivity contribution in [3.8, 4) is 0 Å². The van der Waals surface area contributed by atoms with Gasteiger partial charge in [-0.15, -0.1) is 0 Å². The zero-order valence-corrected chi connectivity index (χ0v) is 12.8. The Hall–Kier alpha value is -0.640. The van der Waals surface area contributed by atoms with Crippen molar-refractivity contribution in [3.05, 3.63) is 23.8 Å². The van der Waals surface area contributed by atoms with Gasteiger partial charge in [0.25, 0.3) is 0 Å². The van der Waals surface area contributed by atoms with E-state index in [0.717, 1.165) is 45.4 Å². The van der Waals surface area contributed by atoms with E-state index >= 15 is 0 Å². The van der Waals surface area contributed by atoms with Gasteiger partial charge in [0, 0.05) is 32.2 Å². The molecule has 0 amide bonds. The molecule has 0 radical (unpaired) electrons. The molecule has 19 heavy (non-hydrogen) atoms. The fourth-order valence-corrected chi connectivity index (χ4v) is 3.01. The van der Waals surface area contributed by atoms with E-state index in [9.17, 15) is 5.11 Å². The van der Waals surface area contributed by atoms with Crippen molar-refractivity contribution in [2.45, 2.75) is 52.2 Å². The Morgan fingerprint density at radius 2 is 1.95 bits per heavy atom. The van der Waals surface area contributed by atoms with Gasteiger partial charge in [-0.25, -0.2) is 0 Å². The third kappa shape index (κ3) is 4.16. The lowest BCUT2D eigenvalue weighted by molar-refractivity contribution is 0.0366. The van der Waals surface area contributed by atoms with Crippen molar-refractivity contribution >= 4 is 0 Å². The van der Waals surface area contributed by atoms with Crippen molar-refractivity contribution in [1.29, 1.82) is 0 Å². The van der Waals surface area contributed by atoms with Crippen molar-refractivity contribution in [1.82, 2.24) is 10.2 Å². The van der Waals surface area contributed by atoms with Crippen LogP contribution in [0.1, 0.15) is 40.0 Å². The maximum absolute atomic E-state index is 10.3. The lowest BCUT2D eigenvalue weighted by atomic mass is 9.84. The topological polar surface area (TPSA) is 35.5 Å². The van der Waals surface area contributed by atoms with Crippen LogP contribution in [0.15, 0.2) is 23.8 Å². The predicted octanol–water partition coefficient (Wildman–Crippen LogP) is 2.33. The maximum atomic E-state index is 10.3. The van der Waals surface area contributed by atoms with E-state index in [1.807, 2.05) is 19.9 Å². The molecule has 3 heteroatoms. The average Bonchev–Trinajstić information content (AvgIpc) is 2.49. The minimum absolute atomic E-state index is 0.226. The Labute approximate surface area is 118 Å². The van der Waals surface area contributed by atoms with Crippen molar-refractivity contribution in [3.63, 3.8) is 0 Å². The van der Waals surface area contributed by atoms with E-state index in [1.54, 1.807) is 0 Å². The second-order valence-electron chi connectivity index (χ2n) is 5.02. The SMILES string of the molecule is C=CC1=C(CC)CC(N2CCNCC2)C(O)C1.CC. The van der Waals surface area contributed by atoms with E-state index in [1.165, 1.54) is 11.1 Å². The molecular weight excluding hydrogens is 236 g/mol. The van der Waals surface area contributed by atoms with Gasteiger partial charge in [0.1, 0.15) is 0 Å². The Morgan fingerprint density at radius 1 is 1.32 bits per heavy atom. The van der Waals surface area contributed by atoms with Crippen LogP contribution in [0.2, 0.25) is 0 Å². The fourth-order valence-electron chi connectivity index (χ4n) is 3.01. The lowest BCUT2D eigenvalue weighted by Gasteiger charge is -2.41. The van der Waals surface area contributed by atoms with Crippen LogP contribution in [-0.2, 0) is 0 Å². The minimum atomic E-state index is -0.226. The Kier molecular flexibility index (Phi) is 7.36. The third-order valence-corrected chi connectivity index (χ3v) is 4.08. The van der Waals surface area contributed by atoms with E-state index in [2.05, 4.69) is 23.7 Å². The minimum Gasteiger partial charge on any atom is -0.391 e. The summed E-state index contributed by atoms with van der Waals surface area (Å²) in [4.78, 5) is 2.44. The summed E-state index contributed by atoms with van der Waals surface area (Å²) in [6.07, 6.45) is 4.57. The predicted molar refractivity (Wildman–Crippen MR) is 82.3 cm³/mol. The summed E-state index contributed by atoms with van der Waals surface area (Å²) in [5, 5.41) is 13.7. The first-order chi connectivity index (χ1) is 9.26. The van der Waals surface area contributed by atoms with Crippen molar-refractivity contribution in [2.75, 3.05) is 26.2 Å². The zero-order valence-electron chi connectivity index (χ0n) is 12.8. The van der Waals surface area contributed by atoms with Crippen LogP contribution < -0.4 is 5.32 Å². The van der Waals surface area contributed by atoms with Crippen LogP contribution >= 0.6 is 0 Å². The van der Waals surface area contributed by atoms with Crippen LogP contribution in [-0.4, -0.2) is 48.3 Å². The van der Waals surface area contributed by atoms with E-state index in [4.69, 9.17) is 0 Å². The fraction of sp³-hybridized carbons (Fsp3) is 0.750. The van der Waals surface area contributed by atoms with Gasteiger partial charge >= 0.3 is 0 Å². The summed E-state index contributed by atoms with van der Waals surface area (Å²) in [5.74, 6) is 0. The highest BCUT2D eigenvalue weighted by molar-refractivity contribution is 5.29.